The van der Waals surface area contributed by atoms with Gasteiger partial charge in [-0.05, 0) is 37.6 Å². The molecule has 0 fully saturated rings. The molecule has 0 unspecified atom stereocenters. The molecule has 28 heavy (non-hydrogen) atoms. The Balaban J connectivity index is 2.20. The molecule has 1 aromatic carbocycles. The van der Waals surface area contributed by atoms with Crippen LogP contribution in [-0.4, -0.2) is 38.0 Å². The van der Waals surface area contributed by atoms with Gasteiger partial charge < -0.3 is 20.1 Å². The number of benzene rings is 1. The van der Waals surface area contributed by atoms with E-state index >= 15 is 0 Å². The molecule has 2 amide bonds. The third-order valence-electron chi connectivity index (χ3n) is 3.57. The summed E-state index contributed by atoms with van der Waals surface area (Å²) in [5.41, 5.74) is 0.572. The topological polar surface area (TPSA) is 93.7 Å². The number of hydrogen-bond donors (Lipinski definition) is 2. The van der Waals surface area contributed by atoms with Crippen molar-refractivity contribution in [2.75, 3.05) is 25.6 Å². The Morgan fingerprint density at radius 1 is 1.21 bits per heavy atom. The van der Waals surface area contributed by atoms with Crippen LogP contribution in [0, 0.1) is 6.92 Å². The minimum Gasteiger partial charge on any atom is -0.482 e. The van der Waals surface area contributed by atoms with E-state index in [2.05, 4.69) is 10.6 Å². The molecular formula is C18H18Cl2N2O5S. The number of halogens is 2. The third-order valence-corrected chi connectivity index (χ3v) is 5.30. The molecule has 2 N–H and O–H groups in total. The number of amides is 2. The van der Waals surface area contributed by atoms with Crippen molar-refractivity contribution in [3.63, 3.8) is 0 Å². The predicted octanol–water partition coefficient (Wildman–Crippen LogP) is 3.92. The van der Waals surface area contributed by atoms with Gasteiger partial charge in [0.1, 0.15) is 10.8 Å². The minimum atomic E-state index is -0.622. The van der Waals surface area contributed by atoms with Gasteiger partial charge in [-0.1, -0.05) is 23.2 Å². The molecule has 0 saturated carbocycles. The fraction of sp³-hybridized carbons (Fsp3) is 0.278. The van der Waals surface area contributed by atoms with Crippen molar-refractivity contribution >= 4 is 57.3 Å². The molecule has 2 aromatic rings. The summed E-state index contributed by atoms with van der Waals surface area (Å²) in [5.74, 6) is -1.22. The Hall–Kier alpha value is -2.29. The number of hydrogen-bond acceptors (Lipinski definition) is 6. The van der Waals surface area contributed by atoms with Gasteiger partial charge in [0.15, 0.2) is 6.61 Å². The summed E-state index contributed by atoms with van der Waals surface area (Å²) >= 11 is 12.8. The summed E-state index contributed by atoms with van der Waals surface area (Å²) in [7, 11) is 1.48. The molecule has 0 atom stereocenters. The van der Waals surface area contributed by atoms with E-state index < -0.39 is 11.9 Å². The van der Waals surface area contributed by atoms with E-state index in [9.17, 15) is 14.4 Å². The summed E-state index contributed by atoms with van der Waals surface area (Å²) in [6, 6.07) is 4.62. The first-order chi connectivity index (χ1) is 13.3. The van der Waals surface area contributed by atoms with Crippen LogP contribution in [0.5, 0.6) is 5.75 Å². The largest absolute Gasteiger partial charge is 0.482 e. The Kier molecular flexibility index (Phi) is 7.68. The monoisotopic (exact) mass is 444 g/mol. The van der Waals surface area contributed by atoms with E-state index in [1.165, 1.54) is 13.1 Å². The molecular weight excluding hydrogens is 427 g/mol. The van der Waals surface area contributed by atoms with Crippen LogP contribution in [0.3, 0.4) is 0 Å². The standard InChI is InChI=1S/C18H18Cl2N2O5S/c1-4-26-18(25)14-9(2)15(16(24)21-3)28-17(14)22-13(23)8-27-12-6-5-10(19)7-11(12)20/h5-7H,4,8H2,1-3H3,(H,21,24)(H,22,23). The van der Waals surface area contributed by atoms with Crippen molar-refractivity contribution in [3.05, 3.63) is 44.2 Å². The number of carbonyl (C=O) groups is 3. The van der Waals surface area contributed by atoms with Crippen molar-refractivity contribution in [3.8, 4) is 5.75 Å². The fourth-order valence-corrected chi connectivity index (χ4v) is 3.90. The summed E-state index contributed by atoms with van der Waals surface area (Å²) in [4.78, 5) is 36.9. The van der Waals surface area contributed by atoms with Crippen molar-refractivity contribution in [1.82, 2.24) is 5.32 Å². The highest BCUT2D eigenvalue weighted by Crippen LogP contribution is 2.34. The number of ether oxygens (including phenoxy) is 2. The van der Waals surface area contributed by atoms with Crippen LogP contribution in [0.2, 0.25) is 10.0 Å². The van der Waals surface area contributed by atoms with E-state index in [0.29, 0.717) is 21.2 Å². The molecule has 7 nitrogen and oxygen atoms in total. The first-order valence-corrected chi connectivity index (χ1v) is 9.76. The van der Waals surface area contributed by atoms with Crippen LogP contribution in [0.15, 0.2) is 18.2 Å². The van der Waals surface area contributed by atoms with Gasteiger partial charge in [-0.2, -0.15) is 0 Å². The molecule has 0 aliphatic rings. The van der Waals surface area contributed by atoms with Gasteiger partial charge in [0.25, 0.3) is 11.8 Å². The Bertz CT molecular complexity index is 914. The minimum absolute atomic E-state index is 0.142. The molecule has 1 heterocycles. The number of carbonyl (C=O) groups excluding carboxylic acids is 3. The summed E-state index contributed by atoms with van der Waals surface area (Å²) in [6.45, 7) is 3.10. The second kappa shape index (κ2) is 9.77. The molecule has 0 bridgehead atoms. The fourth-order valence-electron chi connectivity index (χ4n) is 2.28. The number of esters is 1. The number of nitrogens with one attached hydrogen (secondary N) is 2. The molecule has 2 rings (SSSR count). The van der Waals surface area contributed by atoms with E-state index in [4.69, 9.17) is 32.7 Å². The molecule has 0 spiro atoms. The van der Waals surface area contributed by atoms with Crippen LogP contribution >= 0.6 is 34.5 Å². The van der Waals surface area contributed by atoms with Crippen LogP contribution < -0.4 is 15.4 Å². The summed E-state index contributed by atoms with van der Waals surface area (Å²) < 4.78 is 10.4. The van der Waals surface area contributed by atoms with Gasteiger partial charge in [-0.3, -0.25) is 9.59 Å². The second-order valence-electron chi connectivity index (χ2n) is 5.47. The molecule has 0 aliphatic carbocycles. The maximum absolute atomic E-state index is 12.3. The van der Waals surface area contributed by atoms with E-state index in [1.807, 2.05) is 0 Å². The lowest BCUT2D eigenvalue weighted by atomic mass is 10.1. The SMILES string of the molecule is CCOC(=O)c1c(NC(=O)COc2ccc(Cl)cc2Cl)sc(C(=O)NC)c1C. The highest BCUT2D eigenvalue weighted by molar-refractivity contribution is 7.18. The Labute approximate surface area is 175 Å². The number of thiophene rings is 1. The quantitative estimate of drug-likeness (QED) is 0.631. The van der Waals surface area contributed by atoms with Gasteiger partial charge in [-0.25, -0.2) is 4.79 Å². The normalized spacial score (nSPS) is 10.3. The maximum atomic E-state index is 12.3. The smallest absolute Gasteiger partial charge is 0.341 e. The molecule has 0 radical (unpaired) electrons. The van der Waals surface area contributed by atoms with Crippen molar-refractivity contribution in [2.24, 2.45) is 0 Å². The van der Waals surface area contributed by atoms with Crippen molar-refractivity contribution in [2.45, 2.75) is 13.8 Å². The van der Waals surface area contributed by atoms with E-state index in [0.717, 1.165) is 11.3 Å². The Morgan fingerprint density at radius 3 is 2.54 bits per heavy atom. The van der Waals surface area contributed by atoms with Crippen molar-refractivity contribution < 1.29 is 23.9 Å². The molecule has 0 saturated heterocycles. The number of anilines is 1. The second-order valence-corrected chi connectivity index (χ2v) is 7.34. The molecule has 0 aliphatic heterocycles. The van der Waals surface area contributed by atoms with Crippen LogP contribution in [-0.2, 0) is 9.53 Å². The summed E-state index contributed by atoms with van der Waals surface area (Å²) in [5, 5.41) is 6.02. The lowest BCUT2D eigenvalue weighted by molar-refractivity contribution is -0.118. The first kappa shape index (κ1) is 22.0. The highest BCUT2D eigenvalue weighted by Gasteiger charge is 2.26. The average Bonchev–Trinajstić information content (AvgIpc) is 2.96. The van der Waals surface area contributed by atoms with Gasteiger partial charge in [0, 0.05) is 12.1 Å². The van der Waals surface area contributed by atoms with Gasteiger partial charge in [-0.15, -0.1) is 11.3 Å². The van der Waals surface area contributed by atoms with Crippen LogP contribution in [0.25, 0.3) is 0 Å². The summed E-state index contributed by atoms with van der Waals surface area (Å²) in [6.07, 6.45) is 0. The maximum Gasteiger partial charge on any atom is 0.341 e. The lowest BCUT2D eigenvalue weighted by Gasteiger charge is -2.09. The third kappa shape index (κ3) is 5.15. The highest BCUT2D eigenvalue weighted by atomic mass is 35.5. The average molecular weight is 445 g/mol. The van der Waals surface area contributed by atoms with Crippen LogP contribution in [0.1, 0.15) is 32.5 Å². The van der Waals surface area contributed by atoms with Gasteiger partial charge >= 0.3 is 5.97 Å². The van der Waals surface area contributed by atoms with E-state index in [1.54, 1.807) is 26.0 Å². The zero-order valence-corrected chi connectivity index (χ0v) is 17.7. The molecule has 150 valence electrons. The molecule has 1 aromatic heterocycles. The van der Waals surface area contributed by atoms with E-state index in [-0.39, 0.29) is 34.7 Å². The lowest BCUT2D eigenvalue weighted by Crippen LogP contribution is -2.21. The number of rotatable bonds is 7. The van der Waals surface area contributed by atoms with Crippen molar-refractivity contribution in [1.29, 1.82) is 0 Å². The first-order valence-electron chi connectivity index (χ1n) is 8.18. The van der Waals surface area contributed by atoms with Gasteiger partial charge in [0.05, 0.1) is 22.1 Å². The zero-order chi connectivity index (χ0) is 20.8. The molecule has 10 heteroatoms. The predicted molar refractivity (Wildman–Crippen MR) is 109 cm³/mol. The Morgan fingerprint density at radius 2 is 1.93 bits per heavy atom. The zero-order valence-electron chi connectivity index (χ0n) is 15.4. The van der Waals surface area contributed by atoms with Gasteiger partial charge in [0.2, 0.25) is 0 Å². The van der Waals surface area contributed by atoms with Crippen LogP contribution in [0.4, 0.5) is 5.00 Å².